The minimum Gasteiger partial charge on any atom is -0.384 e. The Morgan fingerprint density at radius 3 is 3.15 bits per heavy atom. The highest BCUT2D eigenvalue weighted by Gasteiger charge is 2.25. The van der Waals surface area contributed by atoms with Crippen LogP contribution >= 0.6 is 0 Å². The predicted octanol–water partition coefficient (Wildman–Crippen LogP) is 2.69. The van der Waals surface area contributed by atoms with Crippen LogP contribution < -0.4 is 10.7 Å². The fraction of sp³-hybridized carbons (Fsp3) is 0.500. The molecule has 2 N–H and O–H groups in total. The number of rotatable bonds is 4. The molecule has 2 aliphatic rings. The predicted molar refractivity (Wildman–Crippen MR) is 80.9 cm³/mol. The van der Waals surface area contributed by atoms with E-state index in [1.54, 1.807) is 0 Å². The van der Waals surface area contributed by atoms with Crippen LogP contribution in [0.4, 0.5) is 5.69 Å². The van der Waals surface area contributed by atoms with E-state index in [4.69, 9.17) is 0 Å². The zero-order valence-corrected chi connectivity index (χ0v) is 11.9. The van der Waals surface area contributed by atoms with E-state index in [0.29, 0.717) is 6.42 Å². The molecule has 0 saturated heterocycles. The number of fused-ring (bicyclic) bond motifs is 1. The average molecular weight is 271 g/mol. The Bertz CT molecular complexity index is 551. The van der Waals surface area contributed by atoms with E-state index in [2.05, 4.69) is 41.0 Å². The lowest BCUT2D eigenvalue weighted by Gasteiger charge is -2.23. The Balaban J connectivity index is 1.87. The summed E-state index contributed by atoms with van der Waals surface area (Å²) in [5.41, 5.74) is 7.44. The van der Waals surface area contributed by atoms with Crippen LogP contribution in [-0.4, -0.2) is 18.2 Å². The molecular formula is C16H21N3O. The lowest BCUT2D eigenvalue weighted by molar-refractivity contribution is -0.122. The van der Waals surface area contributed by atoms with Gasteiger partial charge in [0.1, 0.15) is 0 Å². The Hall–Kier alpha value is -1.84. The number of benzene rings is 1. The molecule has 2 aliphatic heterocycles. The van der Waals surface area contributed by atoms with Gasteiger partial charge in [-0.1, -0.05) is 25.8 Å². The van der Waals surface area contributed by atoms with Crippen LogP contribution in [0.3, 0.4) is 0 Å². The fourth-order valence-electron chi connectivity index (χ4n) is 3.03. The molecule has 3 rings (SSSR count). The van der Waals surface area contributed by atoms with Crippen molar-refractivity contribution < 1.29 is 4.79 Å². The van der Waals surface area contributed by atoms with Gasteiger partial charge in [-0.25, -0.2) is 5.43 Å². The van der Waals surface area contributed by atoms with Crippen LogP contribution in [0, 0.1) is 5.92 Å². The molecule has 4 nitrogen and oxygen atoms in total. The number of nitrogens with one attached hydrogen (secondary N) is 2. The molecule has 0 radical (unpaired) electrons. The van der Waals surface area contributed by atoms with Crippen molar-refractivity contribution in [3.05, 3.63) is 29.3 Å². The number of hydrogen-bond donors (Lipinski definition) is 2. The van der Waals surface area contributed by atoms with E-state index in [0.717, 1.165) is 43.5 Å². The molecule has 1 atom stereocenters. The third-order valence-corrected chi connectivity index (χ3v) is 4.14. The van der Waals surface area contributed by atoms with Gasteiger partial charge in [0, 0.05) is 24.6 Å². The summed E-state index contributed by atoms with van der Waals surface area (Å²) in [5.74, 6) is 0.300. The summed E-state index contributed by atoms with van der Waals surface area (Å²) < 4.78 is 0. The number of carbonyl (C=O) groups is 1. The summed E-state index contributed by atoms with van der Waals surface area (Å²) in [6.07, 6.45) is 4.97. The molecule has 106 valence electrons. The van der Waals surface area contributed by atoms with Crippen LogP contribution in [-0.2, 0) is 11.2 Å². The number of amides is 1. The first kappa shape index (κ1) is 13.2. The Kier molecular flexibility index (Phi) is 3.72. The van der Waals surface area contributed by atoms with Crippen molar-refractivity contribution >= 4 is 17.3 Å². The number of hydrazone groups is 1. The lowest BCUT2D eigenvalue weighted by atomic mass is 9.87. The second-order valence-corrected chi connectivity index (χ2v) is 5.62. The minimum absolute atomic E-state index is 0.0395. The first-order chi connectivity index (χ1) is 9.78. The zero-order valence-electron chi connectivity index (χ0n) is 11.9. The molecule has 0 spiro atoms. The molecule has 20 heavy (non-hydrogen) atoms. The summed E-state index contributed by atoms with van der Waals surface area (Å²) in [6.45, 7) is 3.20. The van der Waals surface area contributed by atoms with Gasteiger partial charge in [0.05, 0.1) is 5.71 Å². The third kappa shape index (κ3) is 2.55. The smallest absolute Gasteiger partial charge is 0.240 e. The second-order valence-electron chi connectivity index (χ2n) is 5.62. The van der Waals surface area contributed by atoms with Gasteiger partial charge < -0.3 is 5.32 Å². The molecule has 1 aromatic carbocycles. The maximum Gasteiger partial charge on any atom is 0.240 e. The SMILES string of the molecule is CCCCC1CC(=O)NN=C1c1ccc2c(c1)CCN2. The Morgan fingerprint density at radius 1 is 1.40 bits per heavy atom. The highest BCUT2D eigenvalue weighted by Crippen LogP contribution is 2.27. The molecule has 0 bridgehead atoms. The summed E-state index contributed by atoms with van der Waals surface area (Å²) >= 11 is 0. The molecule has 1 aromatic rings. The maximum atomic E-state index is 11.6. The first-order valence-electron chi connectivity index (χ1n) is 7.51. The average Bonchev–Trinajstić information content (AvgIpc) is 2.92. The number of anilines is 1. The monoisotopic (exact) mass is 271 g/mol. The minimum atomic E-state index is 0.0395. The van der Waals surface area contributed by atoms with Gasteiger partial charge in [-0.3, -0.25) is 4.79 Å². The number of unbranched alkanes of at least 4 members (excludes halogenated alkanes) is 1. The standard InChI is InChI=1S/C16H21N3O/c1-2-3-4-12-10-15(20)18-19-16(12)13-5-6-14-11(9-13)7-8-17-14/h5-6,9,12,17H,2-4,7-8,10H2,1H3,(H,18,20). The molecule has 4 heteroatoms. The van der Waals surface area contributed by atoms with Crippen molar-refractivity contribution in [3.8, 4) is 0 Å². The van der Waals surface area contributed by atoms with Crippen molar-refractivity contribution in [1.82, 2.24) is 5.43 Å². The molecule has 1 unspecified atom stereocenters. The van der Waals surface area contributed by atoms with Gasteiger partial charge in [-0.05, 0) is 36.1 Å². The lowest BCUT2D eigenvalue weighted by Crippen LogP contribution is -2.33. The molecular weight excluding hydrogens is 250 g/mol. The first-order valence-corrected chi connectivity index (χ1v) is 7.51. The normalized spacial score (nSPS) is 20.9. The van der Waals surface area contributed by atoms with Gasteiger partial charge in [0.2, 0.25) is 5.91 Å². The maximum absolute atomic E-state index is 11.6. The highest BCUT2D eigenvalue weighted by molar-refractivity contribution is 6.06. The van der Waals surface area contributed by atoms with E-state index in [-0.39, 0.29) is 11.8 Å². The van der Waals surface area contributed by atoms with Crippen molar-refractivity contribution in [1.29, 1.82) is 0 Å². The van der Waals surface area contributed by atoms with Crippen LogP contribution in [0.1, 0.15) is 43.7 Å². The number of nitrogens with zero attached hydrogens (tertiary/aromatic N) is 1. The third-order valence-electron chi connectivity index (χ3n) is 4.14. The fourth-order valence-corrected chi connectivity index (χ4v) is 3.03. The van der Waals surface area contributed by atoms with E-state index >= 15 is 0 Å². The summed E-state index contributed by atoms with van der Waals surface area (Å²) in [7, 11) is 0. The van der Waals surface area contributed by atoms with E-state index in [1.165, 1.54) is 11.3 Å². The van der Waals surface area contributed by atoms with Crippen LogP contribution in [0.15, 0.2) is 23.3 Å². The van der Waals surface area contributed by atoms with Gasteiger partial charge >= 0.3 is 0 Å². The molecule has 0 aliphatic carbocycles. The van der Waals surface area contributed by atoms with Crippen molar-refractivity contribution in [3.63, 3.8) is 0 Å². The zero-order chi connectivity index (χ0) is 13.9. The molecule has 0 fully saturated rings. The van der Waals surface area contributed by atoms with Crippen molar-refractivity contribution in [2.75, 3.05) is 11.9 Å². The van der Waals surface area contributed by atoms with Crippen LogP contribution in [0.25, 0.3) is 0 Å². The number of hydrogen-bond acceptors (Lipinski definition) is 3. The van der Waals surface area contributed by atoms with E-state index in [1.807, 2.05) is 0 Å². The van der Waals surface area contributed by atoms with Gasteiger partial charge in [0.15, 0.2) is 0 Å². The summed E-state index contributed by atoms with van der Waals surface area (Å²) in [5, 5.41) is 7.71. The van der Waals surface area contributed by atoms with Crippen molar-refractivity contribution in [2.24, 2.45) is 11.0 Å². The van der Waals surface area contributed by atoms with E-state index < -0.39 is 0 Å². The van der Waals surface area contributed by atoms with Crippen LogP contribution in [0.5, 0.6) is 0 Å². The summed E-state index contributed by atoms with van der Waals surface area (Å²) in [6, 6.07) is 6.48. The van der Waals surface area contributed by atoms with Crippen molar-refractivity contribution in [2.45, 2.75) is 39.0 Å². The van der Waals surface area contributed by atoms with E-state index in [9.17, 15) is 4.79 Å². The molecule has 0 saturated carbocycles. The quantitative estimate of drug-likeness (QED) is 0.884. The van der Waals surface area contributed by atoms with Gasteiger partial charge in [-0.2, -0.15) is 5.10 Å². The molecule has 0 aromatic heterocycles. The molecule has 1 amide bonds. The topological polar surface area (TPSA) is 53.5 Å². The number of carbonyl (C=O) groups excluding carboxylic acids is 1. The van der Waals surface area contributed by atoms with Gasteiger partial charge in [0.25, 0.3) is 0 Å². The van der Waals surface area contributed by atoms with Crippen LogP contribution in [0.2, 0.25) is 0 Å². The Morgan fingerprint density at radius 2 is 2.30 bits per heavy atom. The summed E-state index contributed by atoms with van der Waals surface area (Å²) in [4.78, 5) is 11.6. The molecule has 2 heterocycles. The second kappa shape index (κ2) is 5.65. The highest BCUT2D eigenvalue weighted by atomic mass is 16.2. The Labute approximate surface area is 119 Å². The van der Waals surface area contributed by atoms with Gasteiger partial charge in [-0.15, -0.1) is 0 Å². The largest absolute Gasteiger partial charge is 0.384 e.